The Morgan fingerprint density at radius 1 is 1.79 bits per heavy atom. The highest BCUT2D eigenvalue weighted by molar-refractivity contribution is 5.89. The summed E-state index contributed by atoms with van der Waals surface area (Å²) >= 11 is 0. The van der Waals surface area contributed by atoms with Crippen molar-refractivity contribution < 1.29 is 9.53 Å². The minimum Gasteiger partial charge on any atom is -0.461 e. The van der Waals surface area contributed by atoms with E-state index in [1.54, 1.807) is 13.8 Å². The highest BCUT2D eigenvalue weighted by Crippen LogP contribution is 2.21. The van der Waals surface area contributed by atoms with E-state index < -0.39 is 5.97 Å². The summed E-state index contributed by atoms with van der Waals surface area (Å²) in [6, 6.07) is 1.43. The molecular formula is C9H11N3O2. The van der Waals surface area contributed by atoms with Crippen LogP contribution in [-0.4, -0.2) is 17.3 Å². The first-order valence-corrected chi connectivity index (χ1v) is 4.13. The molecule has 74 valence electrons. The van der Waals surface area contributed by atoms with Crippen LogP contribution < -0.4 is 5.84 Å². The van der Waals surface area contributed by atoms with Gasteiger partial charge in [0.2, 0.25) is 5.69 Å². The zero-order valence-electron chi connectivity index (χ0n) is 8.07. The van der Waals surface area contributed by atoms with Gasteiger partial charge in [0, 0.05) is 5.69 Å². The van der Waals surface area contributed by atoms with Gasteiger partial charge in [-0.15, -0.1) is 0 Å². The van der Waals surface area contributed by atoms with E-state index in [-0.39, 0.29) is 12.3 Å². The summed E-state index contributed by atoms with van der Waals surface area (Å²) in [6.07, 6.45) is 0. The molecule has 0 bridgehead atoms. The second-order valence-electron chi connectivity index (χ2n) is 2.70. The van der Waals surface area contributed by atoms with E-state index in [0.29, 0.717) is 11.4 Å². The molecule has 0 aliphatic rings. The van der Waals surface area contributed by atoms with E-state index >= 15 is 0 Å². The predicted molar refractivity (Wildman–Crippen MR) is 51.5 cm³/mol. The highest BCUT2D eigenvalue weighted by Gasteiger charge is 2.16. The summed E-state index contributed by atoms with van der Waals surface area (Å²) in [5.74, 6) is 5.08. The molecule has 1 heterocycles. The molecule has 2 N–H and O–H groups in total. The van der Waals surface area contributed by atoms with Crippen molar-refractivity contribution in [1.29, 1.82) is 0 Å². The molecule has 0 spiro atoms. The minimum absolute atomic E-state index is 0.204. The zero-order chi connectivity index (χ0) is 10.7. The Labute approximate surface area is 81.9 Å². The molecule has 1 aromatic heterocycles. The fraction of sp³-hybridized carbons (Fsp3) is 0.333. The van der Waals surface area contributed by atoms with Crippen molar-refractivity contribution in [3.05, 3.63) is 28.9 Å². The molecule has 5 nitrogen and oxygen atoms in total. The molecule has 0 aliphatic heterocycles. The molecule has 0 aromatic carbocycles. The van der Waals surface area contributed by atoms with Crippen LogP contribution in [0.4, 0.5) is 5.69 Å². The maximum atomic E-state index is 11.3. The van der Waals surface area contributed by atoms with Crippen molar-refractivity contribution in [1.82, 2.24) is 4.68 Å². The molecule has 1 rings (SSSR count). The van der Waals surface area contributed by atoms with Crippen LogP contribution in [0.3, 0.4) is 0 Å². The lowest BCUT2D eigenvalue weighted by atomic mass is 10.4. The largest absolute Gasteiger partial charge is 0.461 e. The Bertz CT molecular complexity index is 401. The Kier molecular flexibility index (Phi) is 2.77. The Morgan fingerprint density at radius 2 is 2.43 bits per heavy atom. The average molecular weight is 193 g/mol. The topological polar surface area (TPSA) is 61.6 Å². The van der Waals surface area contributed by atoms with Crippen LogP contribution in [0.2, 0.25) is 0 Å². The first-order chi connectivity index (χ1) is 6.61. The second-order valence-corrected chi connectivity index (χ2v) is 2.70. The molecule has 0 saturated heterocycles. The number of carbonyl (C=O) groups excluding carboxylic acids is 1. The number of rotatable bonds is 2. The molecule has 0 aliphatic carbocycles. The van der Waals surface area contributed by atoms with E-state index in [9.17, 15) is 4.79 Å². The van der Waals surface area contributed by atoms with Gasteiger partial charge in [0.1, 0.15) is 5.69 Å². The number of carbonyl (C=O) groups is 1. The fourth-order valence-corrected chi connectivity index (χ4v) is 1.08. The molecule has 1 aromatic rings. The summed E-state index contributed by atoms with van der Waals surface area (Å²) in [4.78, 5) is 14.6. The van der Waals surface area contributed by atoms with E-state index in [2.05, 4.69) is 4.85 Å². The predicted octanol–water partition coefficient (Wildman–Crippen LogP) is 1.24. The van der Waals surface area contributed by atoms with Crippen LogP contribution in [0, 0.1) is 13.5 Å². The first-order valence-electron chi connectivity index (χ1n) is 4.13. The van der Waals surface area contributed by atoms with Crippen LogP contribution in [-0.2, 0) is 4.74 Å². The maximum absolute atomic E-state index is 11.3. The Morgan fingerprint density at radius 3 is 2.86 bits per heavy atom. The van der Waals surface area contributed by atoms with Crippen LogP contribution >= 0.6 is 0 Å². The lowest BCUT2D eigenvalue weighted by molar-refractivity contribution is 0.0516. The van der Waals surface area contributed by atoms with Gasteiger partial charge in [-0.05, 0) is 19.9 Å². The lowest BCUT2D eigenvalue weighted by Gasteiger charge is -2.04. The van der Waals surface area contributed by atoms with Gasteiger partial charge >= 0.3 is 5.97 Å². The van der Waals surface area contributed by atoms with Crippen molar-refractivity contribution in [2.24, 2.45) is 0 Å². The number of nitrogens with two attached hydrogens (primary N) is 1. The van der Waals surface area contributed by atoms with Gasteiger partial charge in [0.25, 0.3) is 0 Å². The van der Waals surface area contributed by atoms with Crippen LogP contribution in [0.15, 0.2) is 6.07 Å². The molecule has 0 fully saturated rings. The SMILES string of the molecule is [C-]#[N+]c1cc(C(=O)OCC)n(N)c1C. The van der Waals surface area contributed by atoms with Gasteiger partial charge in [0.15, 0.2) is 0 Å². The molecule has 0 radical (unpaired) electrons. The van der Waals surface area contributed by atoms with Gasteiger partial charge < -0.3 is 10.6 Å². The van der Waals surface area contributed by atoms with Gasteiger partial charge in [-0.25, -0.2) is 9.64 Å². The van der Waals surface area contributed by atoms with Crippen LogP contribution in [0.1, 0.15) is 23.1 Å². The number of nitrogen functional groups attached to an aromatic ring is 1. The monoisotopic (exact) mass is 193 g/mol. The smallest absolute Gasteiger partial charge is 0.355 e. The van der Waals surface area contributed by atoms with Gasteiger partial charge in [-0.2, -0.15) is 0 Å². The van der Waals surface area contributed by atoms with Crippen molar-refractivity contribution in [2.45, 2.75) is 13.8 Å². The quantitative estimate of drug-likeness (QED) is 0.436. The van der Waals surface area contributed by atoms with E-state index in [4.69, 9.17) is 17.2 Å². The van der Waals surface area contributed by atoms with Crippen molar-refractivity contribution in [2.75, 3.05) is 12.4 Å². The minimum atomic E-state index is -0.506. The zero-order valence-corrected chi connectivity index (χ0v) is 8.07. The highest BCUT2D eigenvalue weighted by atomic mass is 16.5. The van der Waals surface area contributed by atoms with E-state index in [1.165, 1.54) is 10.7 Å². The molecule has 0 atom stereocenters. The molecule has 0 amide bonds. The molecule has 0 unspecified atom stereocenters. The molecule has 14 heavy (non-hydrogen) atoms. The van der Waals surface area contributed by atoms with Crippen LogP contribution in [0.5, 0.6) is 0 Å². The number of nitrogens with zero attached hydrogens (tertiary/aromatic N) is 2. The standard InChI is InChI=1S/C9H11N3O2/c1-4-14-9(13)8-5-7(11-3)6(2)12(8)10/h5H,4,10H2,1-2H3. The normalized spacial score (nSPS) is 9.50. The van der Waals surface area contributed by atoms with E-state index in [0.717, 1.165) is 0 Å². The van der Waals surface area contributed by atoms with Crippen molar-refractivity contribution >= 4 is 11.7 Å². The second kappa shape index (κ2) is 3.83. The average Bonchev–Trinajstić information content (AvgIpc) is 2.44. The summed E-state index contributed by atoms with van der Waals surface area (Å²) in [5, 5.41) is 0. The number of esters is 1. The lowest BCUT2D eigenvalue weighted by Crippen LogP contribution is -2.19. The molecule has 5 heteroatoms. The Balaban J connectivity index is 3.12. The Hall–Kier alpha value is -1.96. The number of aromatic nitrogens is 1. The summed E-state index contributed by atoms with van der Waals surface area (Å²) in [7, 11) is 0. The third-order valence-electron chi connectivity index (χ3n) is 1.87. The van der Waals surface area contributed by atoms with Crippen molar-refractivity contribution in [3.63, 3.8) is 0 Å². The third kappa shape index (κ3) is 1.55. The number of ether oxygens (including phenoxy) is 1. The first kappa shape index (κ1) is 10.1. The van der Waals surface area contributed by atoms with Gasteiger partial charge in [0.05, 0.1) is 13.2 Å². The molecular weight excluding hydrogens is 182 g/mol. The molecule has 0 saturated carbocycles. The summed E-state index contributed by atoms with van der Waals surface area (Å²) in [6.45, 7) is 10.5. The van der Waals surface area contributed by atoms with Crippen LogP contribution in [0.25, 0.3) is 4.85 Å². The number of hydrogen-bond donors (Lipinski definition) is 1. The third-order valence-corrected chi connectivity index (χ3v) is 1.87. The maximum Gasteiger partial charge on any atom is 0.355 e. The van der Waals surface area contributed by atoms with E-state index in [1.807, 2.05) is 0 Å². The van der Waals surface area contributed by atoms with Gasteiger partial charge in [-0.3, -0.25) is 4.68 Å². The number of hydrogen-bond acceptors (Lipinski definition) is 3. The summed E-state index contributed by atoms with van der Waals surface area (Å²) in [5.41, 5.74) is 1.13. The van der Waals surface area contributed by atoms with Gasteiger partial charge in [-0.1, -0.05) is 0 Å². The van der Waals surface area contributed by atoms with Crippen molar-refractivity contribution in [3.8, 4) is 0 Å². The summed E-state index contributed by atoms with van der Waals surface area (Å²) < 4.78 is 5.95. The fourth-order valence-electron chi connectivity index (χ4n) is 1.08.